The number of hydrogen-bond acceptors (Lipinski definition) is 2. The summed E-state index contributed by atoms with van der Waals surface area (Å²) in [5.74, 6) is 0.813. The van der Waals surface area contributed by atoms with Crippen molar-refractivity contribution in [3.8, 4) is 5.75 Å². The van der Waals surface area contributed by atoms with E-state index in [2.05, 4.69) is 24.4 Å². The van der Waals surface area contributed by atoms with Crippen LogP contribution in [0, 0.1) is 19.7 Å². The van der Waals surface area contributed by atoms with Crippen molar-refractivity contribution in [3.63, 3.8) is 0 Å². The zero-order valence-electron chi connectivity index (χ0n) is 11.7. The first-order chi connectivity index (χ1) is 9.61. The second-order valence-electron chi connectivity index (χ2n) is 5.40. The molecule has 0 spiro atoms. The summed E-state index contributed by atoms with van der Waals surface area (Å²) in [4.78, 5) is 0. The van der Waals surface area contributed by atoms with Crippen LogP contribution in [0.1, 0.15) is 16.7 Å². The van der Waals surface area contributed by atoms with E-state index in [0.717, 1.165) is 24.4 Å². The molecule has 3 rings (SSSR count). The van der Waals surface area contributed by atoms with E-state index in [9.17, 15) is 4.39 Å². The molecule has 0 fully saturated rings. The van der Waals surface area contributed by atoms with Crippen molar-refractivity contribution in [2.75, 3.05) is 11.9 Å². The highest BCUT2D eigenvalue weighted by atomic mass is 19.1. The van der Waals surface area contributed by atoms with Gasteiger partial charge in [0.2, 0.25) is 0 Å². The number of hydrogen-bond donors (Lipinski definition) is 1. The van der Waals surface area contributed by atoms with E-state index >= 15 is 0 Å². The molecule has 2 aromatic carbocycles. The van der Waals surface area contributed by atoms with E-state index in [-0.39, 0.29) is 11.9 Å². The van der Waals surface area contributed by atoms with E-state index in [1.165, 1.54) is 17.2 Å². The molecule has 1 heterocycles. The van der Waals surface area contributed by atoms with Crippen molar-refractivity contribution >= 4 is 5.69 Å². The fourth-order valence-corrected chi connectivity index (χ4v) is 2.55. The zero-order valence-corrected chi connectivity index (χ0v) is 11.7. The number of nitrogens with one attached hydrogen (secondary N) is 1. The summed E-state index contributed by atoms with van der Waals surface area (Å²) in [6.45, 7) is 4.58. The van der Waals surface area contributed by atoms with Crippen molar-refractivity contribution < 1.29 is 9.13 Å². The predicted molar refractivity (Wildman–Crippen MR) is 78.9 cm³/mol. The average Bonchev–Trinajstić information content (AvgIpc) is 2.82. The Bertz CT molecular complexity index is 639. The molecule has 1 atom stereocenters. The first-order valence-corrected chi connectivity index (χ1v) is 6.88. The Labute approximate surface area is 118 Å². The lowest BCUT2D eigenvalue weighted by Crippen LogP contribution is -2.23. The second-order valence-corrected chi connectivity index (χ2v) is 5.40. The van der Waals surface area contributed by atoms with E-state index in [0.29, 0.717) is 5.56 Å². The van der Waals surface area contributed by atoms with Crippen LogP contribution in [0.25, 0.3) is 0 Å². The molecule has 20 heavy (non-hydrogen) atoms. The van der Waals surface area contributed by atoms with Crippen LogP contribution in [-0.4, -0.2) is 12.6 Å². The number of rotatable bonds is 3. The molecule has 0 radical (unpaired) electrons. The summed E-state index contributed by atoms with van der Waals surface area (Å²) in [5.41, 5.74) is 4.11. The molecule has 0 aliphatic carbocycles. The van der Waals surface area contributed by atoms with Gasteiger partial charge in [0.25, 0.3) is 0 Å². The molecule has 1 aliphatic heterocycles. The van der Waals surface area contributed by atoms with Gasteiger partial charge in [0, 0.05) is 12.1 Å². The van der Waals surface area contributed by atoms with Crippen LogP contribution in [0.15, 0.2) is 36.4 Å². The van der Waals surface area contributed by atoms with Crippen molar-refractivity contribution in [1.29, 1.82) is 0 Å². The molecule has 104 valence electrons. The van der Waals surface area contributed by atoms with Gasteiger partial charge in [0.1, 0.15) is 17.7 Å². The van der Waals surface area contributed by atoms with Crippen molar-refractivity contribution in [1.82, 2.24) is 0 Å². The Morgan fingerprint density at radius 3 is 2.85 bits per heavy atom. The average molecular weight is 271 g/mol. The van der Waals surface area contributed by atoms with E-state index in [4.69, 9.17) is 4.74 Å². The number of fused-ring (bicyclic) bond motifs is 1. The number of anilines is 1. The van der Waals surface area contributed by atoms with Gasteiger partial charge in [-0.05, 0) is 49.2 Å². The van der Waals surface area contributed by atoms with Gasteiger partial charge in [-0.3, -0.25) is 0 Å². The molecule has 1 unspecified atom stereocenters. The first kappa shape index (κ1) is 13.0. The molecule has 0 amide bonds. The van der Waals surface area contributed by atoms with Gasteiger partial charge in [-0.1, -0.05) is 17.7 Å². The van der Waals surface area contributed by atoms with Gasteiger partial charge in [0.15, 0.2) is 0 Å². The number of ether oxygens (including phenoxy) is 1. The summed E-state index contributed by atoms with van der Waals surface area (Å²) < 4.78 is 19.1. The van der Waals surface area contributed by atoms with E-state index < -0.39 is 0 Å². The lowest BCUT2D eigenvalue weighted by molar-refractivity contribution is 0.246. The molecule has 0 saturated carbocycles. The third-order valence-electron chi connectivity index (χ3n) is 3.65. The van der Waals surface area contributed by atoms with Gasteiger partial charge < -0.3 is 10.1 Å². The standard InChI is InChI=1S/C17H18FNO/c1-11-3-6-17-13(7-11)9-15(20-17)10-19-14-4-5-16(18)12(2)8-14/h3-8,15,19H,9-10H2,1-2H3. The summed E-state index contributed by atoms with van der Waals surface area (Å²) in [7, 11) is 0. The minimum Gasteiger partial charge on any atom is -0.488 e. The van der Waals surface area contributed by atoms with Crippen LogP contribution in [-0.2, 0) is 6.42 Å². The third-order valence-corrected chi connectivity index (χ3v) is 3.65. The van der Waals surface area contributed by atoms with Gasteiger partial charge in [-0.25, -0.2) is 4.39 Å². The number of benzene rings is 2. The van der Waals surface area contributed by atoms with Crippen LogP contribution in [0.4, 0.5) is 10.1 Å². The Hall–Kier alpha value is -2.03. The van der Waals surface area contributed by atoms with Crippen molar-refractivity contribution in [2.45, 2.75) is 26.4 Å². The molecule has 0 bridgehead atoms. The summed E-state index contributed by atoms with van der Waals surface area (Å²) in [6.07, 6.45) is 1.06. The number of halogens is 1. The van der Waals surface area contributed by atoms with Crippen molar-refractivity contribution in [2.24, 2.45) is 0 Å². The quantitative estimate of drug-likeness (QED) is 0.915. The van der Waals surface area contributed by atoms with Gasteiger partial charge in [-0.2, -0.15) is 0 Å². The van der Waals surface area contributed by atoms with Gasteiger partial charge in [0.05, 0.1) is 6.54 Å². The second kappa shape index (κ2) is 5.16. The van der Waals surface area contributed by atoms with Crippen molar-refractivity contribution in [3.05, 3.63) is 58.9 Å². The molecule has 2 nitrogen and oxygen atoms in total. The molecule has 1 N–H and O–H groups in total. The Balaban J connectivity index is 1.62. The monoisotopic (exact) mass is 271 g/mol. The maximum absolute atomic E-state index is 13.2. The summed E-state index contributed by atoms with van der Waals surface area (Å²) in [6, 6.07) is 11.4. The van der Waals surface area contributed by atoms with Crippen LogP contribution in [0.2, 0.25) is 0 Å². The molecule has 1 aliphatic rings. The number of aryl methyl sites for hydroxylation is 2. The highest BCUT2D eigenvalue weighted by molar-refractivity contribution is 5.47. The lowest BCUT2D eigenvalue weighted by Gasteiger charge is -2.13. The lowest BCUT2D eigenvalue weighted by atomic mass is 10.1. The molecular formula is C17H18FNO. The highest BCUT2D eigenvalue weighted by Gasteiger charge is 2.22. The molecule has 0 saturated heterocycles. The van der Waals surface area contributed by atoms with Crippen LogP contribution in [0.5, 0.6) is 5.75 Å². The molecular weight excluding hydrogens is 253 g/mol. The maximum Gasteiger partial charge on any atom is 0.126 e. The SMILES string of the molecule is Cc1ccc2c(c1)CC(CNc1ccc(F)c(C)c1)O2. The maximum atomic E-state index is 13.2. The smallest absolute Gasteiger partial charge is 0.126 e. The fraction of sp³-hybridized carbons (Fsp3) is 0.294. The minimum atomic E-state index is -0.171. The van der Waals surface area contributed by atoms with Crippen LogP contribution in [0.3, 0.4) is 0 Å². The first-order valence-electron chi connectivity index (χ1n) is 6.88. The van der Waals surface area contributed by atoms with Gasteiger partial charge in [-0.15, -0.1) is 0 Å². The predicted octanol–water partition coefficient (Wildman–Crippen LogP) is 3.86. The van der Waals surface area contributed by atoms with Gasteiger partial charge >= 0.3 is 0 Å². The Morgan fingerprint density at radius 1 is 1.20 bits per heavy atom. The van der Waals surface area contributed by atoms with E-state index in [1.54, 1.807) is 13.0 Å². The van der Waals surface area contributed by atoms with Crippen LogP contribution < -0.4 is 10.1 Å². The van der Waals surface area contributed by atoms with E-state index in [1.807, 2.05) is 12.1 Å². The fourth-order valence-electron chi connectivity index (χ4n) is 2.55. The summed E-state index contributed by atoms with van der Waals surface area (Å²) >= 11 is 0. The third kappa shape index (κ3) is 2.62. The normalized spacial score (nSPS) is 16.6. The van der Waals surface area contributed by atoms with Crippen LogP contribution >= 0.6 is 0 Å². The molecule has 0 aromatic heterocycles. The summed E-state index contributed by atoms with van der Waals surface area (Å²) in [5, 5.41) is 3.31. The highest BCUT2D eigenvalue weighted by Crippen LogP contribution is 2.29. The molecule has 3 heteroatoms. The topological polar surface area (TPSA) is 21.3 Å². The minimum absolute atomic E-state index is 0.136. The largest absolute Gasteiger partial charge is 0.488 e. The Morgan fingerprint density at radius 2 is 2.05 bits per heavy atom. The zero-order chi connectivity index (χ0) is 14.1. The molecule has 2 aromatic rings. The Kier molecular flexibility index (Phi) is 3.35.